The molecule has 1 N–H and O–H groups in total. The number of nitriles is 1. The summed E-state index contributed by atoms with van der Waals surface area (Å²) in [7, 11) is 0. The van der Waals surface area contributed by atoms with Gasteiger partial charge in [-0.3, -0.25) is 4.90 Å². The normalized spacial score (nSPS) is 21.6. The summed E-state index contributed by atoms with van der Waals surface area (Å²) in [5.41, 5.74) is 0.561. The molecule has 0 unspecified atom stereocenters. The van der Waals surface area contributed by atoms with E-state index in [4.69, 9.17) is 10.00 Å². The maximum atomic E-state index is 11.3. The van der Waals surface area contributed by atoms with Gasteiger partial charge in [0.05, 0.1) is 24.3 Å². The number of ether oxygens (including phenoxy) is 1. The topological polar surface area (TPSA) is 73.6 Å². The van der Waals surface area contributed by atoms with Gasteiger partial charge in [0.25, 0.3) is 0 Å². The number of amides is 1. The van der Waals surface area contributed by atoms with Crippen molar-refractivity contribution in [3.63, 3.8) is 0 Å². The van der Waals surface area contributed by atoms with Gasteiger partial charge < -0.3 is 9.84 Å². The number of hydrogen-bond donors (Lipinski definition) is 1. The van der Waals surface area contributed by atoms with Gasteiger partial charge in [-0.05, 0) is 31.5 Å². The van der Waals surface area contributed by atoms with Crippen LogP contribution in [0.25, 0.3) is 0 Å². The molecule has 5 nitrogen and oxygen atoms in total. The first kappa shape index (κ1) is 12.4. The van der Waals surface area contributed by atoms with Gasteiger partial charge in [-0.25, -0.2) is 4.79 Å². The van der Waals surface area contributed by atoms with Crippen molar-refractivity contribution >= 4 is 6.09 Å². The van der Waals surface area contributed by atoms with E-state index in [1.54, 1.807) is 38.1 Å². The summed E-state index contributed by atoms with van der Waals surface area (Å²) in [4.78, 5) is 12.6. The van der Waals surface area contributed by atoms with Gasteiger partial charge in [0.1, 0.15) is 5.72 Å². The summed E-state index contributed by atoms with van der Waals surface area (Å²) < 4.78 is 5.52. The van der Waals surface area contributed by atoms with E-state index in [1.165, 1.54) is 4.90 Å². The molecule has 0 saturated carbocycles. The van der Waals surface area contributed by atoms with Crippen molar-refractivity contribution in [2.75, 3.05) is 6.61 Å². The SMILES string of the molecule is CC1(C)OC[C@H](c2ccc(C#N)cc2)N1C(=O)O. The Hall–Kier alpha value is -2.06. The van der Waals surface area contributed by atoms with Crippen molar-refractivity contribution in [2.45, 2.75) is 25.6 Å². The van der Waals surface area contributed by atoms with Crippen LogP contribution in [0.1, 0.15) is 31.0 Å². The molecule has 1 aromatic rings. The van der Waals surface area contributed by atoms with Crippen LogP contribution >= 0.6 is 0 Å². The van der Waals surface area contributed by atoms with E-state index in [0.29, 0.717) is 12.2 Å². The van der Waals surface area contributed by atoms with Gasteiger partial charge in [-0.15, -0.1) is 0 Å². The zero-order chi connectivity index (χ0) is 13.3. The molecule has 1 fully saturated rings. The van der Waals surface area contributed by atoms with Crippen LogP contribution in [0.2, 0.25) is 0 Å². The number of carbonyl (C=O) groups is 1. The fraction of sp³-hybridized carbons (Fsp3) is 0.385. The Balaban J connectivity index is 2.32. The maximum absolute atomic E-state index is 11.3. The number of benzene rings is 1. The van der Waals surface area contributed by atoms with Crippen LogP contribution in [0.15, 0.2) is 24.3 Å². The standard InChI is InChI=1S/C13H14N2O3/c1-13(2)15(12(16)17)11(8-18-13)10-5-3-9(7-14)4-6-10/h3-6,11H,8H2,1-2H3,(H,16,17)/t11-/m1/s1. The summed E-state index contributed by atoms with van der Waals surface area (Å²) in [5.74, 6) is 0. The van der Waals surface area contributed by atoms with Gasteiger partial charge >= 0.3 is 6.09 Å². The molecule has 18 heavy (non-hydrogen) atoms. The fourth-order valence-electron chi connectivity index (χ4n) is 2.19. The van der Waals surface area contributed by atoms with Gasteiger partial charge in [0.2, 0.25) is 0 Å². The van der Waals surface area contributed by atoms with Crippen LogP contribution in [0.4, 0.5) is 4.79 Å². The first-order chi connectivity index (χ1) is 8.45. The molecule has 0 aliphatic carbocycles. The zero-order valence-electron chi connectivity index (χ0n) is 10.3. The molecule has 1 aromatic carbocycles. The minimum absolute atomic E-state index is 0.325. The zero-order valence-corrected chi connectivity index (χ0v) is 10.3. The quantitative estimate of drug-likeness (QED) is 0.825. The summed E-state index contributed by atoms with van der Waals surface area (Å²) in [5, 5.41) is 18.0. The second-order valence-corrected chi connectivity index (χ2v) is 4.66. The number of nitrogens with zero attached hydrogens (tertiary/aromatic N) is 2. The highest BCUT2D eigenvalue weighted by atomic mass is 16.5. The van der Waals surface area contributed by atoms with Crippen LogP contribution in [-0.2, 0) is 4.74 Å². The lowest BCUT2D eigenvalue weighted by Crippen LogP contribution is -2.43. The monoisotopic (exact) mass is 246 g/mol. The Kier molecular flexibility index (Phi) is 2.97. The summed E-state index contributed by atoms with van der Waals surface area (Å²) in [6, 6.07) is 8.60. The molecule has 1 amide bonds. The van der Waals surface area contributed by atoms with E-state index in [2.05, 4.69) is 0 Å². The molecule has 0 radical (unpaired) electrons. The Morgan fingerprint density at radius 2 is 2.11 bits per heavy atom. The number of rotatable bonds is 1. The lowest BCUT2D eigenvalue weighted by Gasteiger charge is -2.31. The molecule has 0 spiro atoms. The Morgan fingerprint density at radius 3 is 2.61 bits per heavy atom. The van der Waals surface area contributed by atoms with Crippen LogP contribution in [-0.4, -0.2) is 28.4 Å². The molecule has 5 heteroatoms. The van der Waals surface area contributed by atoms with Crippen molar-refractivity contribution in [2.24, 2.45) is 0 Å². The van der Waals surface area contributed by atoms with Gasteiger partial charge in [0.15, 0.2) is 0 Å². The van der Waals surface area contributed by atoms with Crippen molar-refractivity contribution in [1.29, 1.82) is 5.26 Å². The summed E-state index contributed by atoms with van der Waals surface area (Å²) >= 11 is 0. The molecular formula is C13H14N2O3. The second kappa shape index (κ2) is 4.31. The highest BCUT2D eigenvalue weighted by Crippen LogP contribution is 2.36. The van der Waals surface area contributed by atoms with Crippen molar-refractivity contribution in [3.05, 3.63) is 35.4 Å². The Morgan fingerprint density at radius 1 is 1.50 bits per heavy atom. The van der Waals surface area contributed by atoms with Crippen LogP contribution in [0.5, 0.6) is 0 Å². The molecule has 2 rings (SSSR count). The van der Waals surface area contributed by atoms with Crippen molar-refractivity contribution < 1.29 is 14.6 Å². The molecule has 1 aliphatic rings. The molecule has 1 saturated heterocycles. The van der Waals surface area contributed by atoms with Crippen LogP contribution in [0.3, 0.4) is 0 Å². The van der Waals surface area contributed by atoms with Gasteiger partial charge in [-0.1, -0.05) is 12.1 Å². The van der Waals surface area contributed by atoms with E-state index >= 15 is 0 Å². The van der Waals surface area contributed by atoms with E-state index in [0.717, 1.165) is 5.56 Å². The molecule has 1 aliphatic heterocycles. The lowest BCUT2D eigenvalue weighted by molar-refractivity contribution is -0.0420. The van der Waals surface area contributed by atoms with E-state index in [-0.39, 0.29) is 6.04 Å². The van der Waals surface area contributed by atoms with Crippen molar-refractivity contribution in [1.82, 2.24) is 4.90 Å². The van der Waals surface area contributed by atoms with Crippen molar-refractivity contribution in [3.8, 4) is 6.07 Å². The average Bonchev–Trinajstić information content (AvgIpc) is 2.65. The third-order valence-electron chi connectivity index (χ3n) is 3.12. The first-order valence-electron chi connectivity index (χ1n) is 5.62. The largest absolute Gasteiger partial charge is 0.465 e. The average molecular weight is 246 g/mol. The smallest absolute Gasteiger partial charge is 0.410 e. The third-order valence-corrected chi connectivity index (χ3v) is 3.12. The summed E-state index contributed by atoms with van der Waals surface area (Å²) in [6.07, 6.45) is -1.01. The van der Waals surface area contributed by atoms with Crippen LogP contribution in [0, 0.1) is 11.3 Å². The molecular weight excluding hydrogens is 232 g/mol. The molecule has 1 heterocycles. The highest BCUT2D eigenvalue weighted by Gasteiger charge is 2.44. The minimum atomic E-state index is -1.01. The van der Waals surface area contributed by atoms with Gasteiger partial charge in [-0.2, -0.15) is 5.26 Å². The van der Waals surface area contributed by atoms with E-state index in [1.807, 2.05) is 6.07 Å². The molecule has 0 aromatic heterocycles. The second-order valence-electron chi connectivity index (χ2n) is 4.66. The Bertz CT molecular complexity index is 502. The van der Waals surface area contributed by atoms with E-state index < -0.39 is 11.8 Å². The maximum Gasteiger partial charge on any atom is 0.410 e. The number of carboxylic acid groups (broad SMARTS) is 1. The first-order valence-corrected chi connectivity index (χ1v) is 5.62. The molecule has 1 atom stereocenters. The third kappa shape index (κ3) is 2.03. The number of hydrogen-bond acceptors (Lipinski definition) is 3. The lowest BCUT2D eigenvalue weighted by atomic mass is 10.0. The summed E-state index contributed by atoms with van der Waals surface area (Å²) in [6.45, 7) is 3.78. The highest BCUT2D eigenvalue weighted by molar-refractivity contribution is 5.67. The van der Waals surface area contributed by atoms with E-state index in [9.17, 15) is 9.90 Å². The van der Waals surface area contributed by atoms with Gasteiger partial charge in [0, 0.05) is 0 Å². The predicted molar refractivity (Wildman–Crippen MR) is 63.8 cm³/mol. The fourth-order valence-corrected chi connectivity index (χ4v) is 2.19. The minimum Gasteiger partial charge on any atom is -0.465 e. The predicted octanol–water partition coefficient (Wildman–Crippen LogP) is 2.35. The molecule has 94 valence electrons. The molecule has 0 bridgehead atoms. The Labute approximate surface area is 105 Å². The van der Waals surface area contributed by atoms with Crippen LogP contribution < -0.4 is 0 Å².